The lowest BCUT2D eigenvalue weighted by Gasteiger charge is -2.33. The maximum Gasteiger partial charge on any atom is 0.227 e. The van der Waals surface area contributed by atoms with Crippen molar-refractivity contribution >= 4 is 10.5 Å². The Labute approximate surface area is 111 Å². The molecule has 2 aromatic carbocycles. The van der Waals surface area contributed by atoms with E-state index in [1.807, 2.05) is 60.7 Å². The molecule has 0 aliphatic rings. The molecule has 1 unspecified atom stereocenters. The molecule has 1 atom stereocenters. The second kappa shape index (κ2) is 5.84. The molecule has 0 N–H and O–H groups in total. The Morgan fingerprint density at radius 1 is 0.944 bits per heavy atom. The van der Waals surface area contributed by atoms with Crippen molar-refractivity contribution in [2.75, 3.05) is 0 Å². The molecule has 0 aliphatic carbocycles. The summed E-state index contributed by atoms with van der Waals surface area (Å²) in [5.74, 6) is 0.175. The van der Waals surface area contributed by atoms with Gasteiger partial charge in [-0.3, -0.25) is 0 Å². The first kappa shape index (κ1) is 12.9. The van der Waals surface area contributed by atoms with Gasteiger partial charge in [0.2, 0.25) is 5.79 Å². The van der Waals surface area contributed by atoms with Crippen molar-refractivity contribution in [2.45, 2.75) is 19.1 Å². The van der Waals surface area contributed by atoms with Crippen LogP contribution in [0.15, 0.2) is 60.7 Å². The third-order valence-electron chi connectivity index (χ3n) is 3.03. The Kier molecular flexibility index (Phi) is 4.18. The molecule has 2 aromatic rings. The maximum absolute atomic E-state index is 6.10. The van der Waals surface area contributed by atoms with E-state index in [9.17, 15) is 0 Å². The summed E-state index contributed by atoms with van der Waals surface area (Å²) in [6.07, 6.45) is 0.773. The van der Waals surface area contributed by atoms with Gasteiger partial charge in [-0.05, 0) is 12.1 Å². The van der Waals surface area contributed by atoms with Gasteiger partial charge in [-0.2, -0.15) is 0 Å². The van der Waals surface area contributed by atoms with E-state index in [0.29, 0.717) is 10.5 Å². The third kappa shape index (κ3) is 2.63. The molecule has 0 amide bonds. The monoisotopic (exact) mass is 258 g/mol. The fourth-order valence-corrected chi connectivity index (χ4v) is 2.62. The van der Waals surface area contributed by atoms with Crippen molar-refractivity contribution in [2.24, 2.45) is 0 Å². The number of ether oxygens (including phenoxy) is 1. The Hall–Kier alpha value is -1.58. The smallest absolute Gasteiger partial charge is 0.227 e. The summed E-state index contributed by atoms with van der Waals surface area (Å²) in [6, 6.07) is 19.9. The zero-order valence-corrected chi connectivity index (χ0v) is 12.8. The predicted molar refractivity (Wildman–Crippen MR) is 76.5 cm³/mol. The van der Waals surface area contributed by atoms with E-state index in [4.69, 9.17) is 9.16 Å². The van der Waals surface area contributed by atoms with Crippen LogP contribution in [0.1, 0.15) is 18.9 Å². The van der Waals surface area contributed by atoms with E-state index in [-0.39, 0.29) is 0 Å². The largest absolute Gasteiger partial charge is 0.459 e. The zero-order valence-electron chi connectivity index (χ0n) is 10.8. The molecule has 0 heterocycles. The lowest BCUT2D eigenvalue weighted by atomic mass is 10.0. The van der Waals surface area contributed by atoms with E-state index in [0.717, 1.165) is 17.7 Å². The van der Waals surface area contributed by atoms with Crippen LogP contribution in [-0.2, 0) is 10.2 Å². The van der Waals surface area contributed by atoms with Crippen molar-refractivity contribution in [3.63, 3.8) is 0 Å². The molecule has 0 bridgehead atoms. The molecular formula is C15H18O2Si. The number of para-hydroxylation sites is 1. The van der Waals surface area contributed by atoms with Crippen molar-refractivity contribution in [1.82, 2.24) is 0 Å². The van der Waals surface area contributed by atoms with Gasteiger partial charge in [-0.15, -0.1) is 0 Å². The number of hydrogen-bond donors (Lipinski definition) is 0. The Bertz CT molecular complexity index is 466. The highest BCUT2D eigenvalue weighted by atomic mass is 28.2. The third-order valence-corrected chi connectivity index (χ3v) is 3.69. The fourth-order valence-electron chi connectivity index (χ4n) is 2.01. The summed E-state index contributed by atoms with van der Waals surface area (Å²) in [5, 5.41) is 0. The second-order valence-corrected chi connectivity index (χ2v) is 4.50. The molecule has 0 aromatic heterocycles. The first-order valence-corrected chi connectivity index (χ1v) is 6.97. The number of hydrogen-bond acceptors (Lipinski definition) is 2. The van der Waals surface area contributed by atoms with Crippen LogP contribution in [0.2, 0.25) is 0 Å². The van der Waals surface area contributed by atoms with Crippen molar-refractivity contribution < 1.29 is 9.16 Å². The maximum atomic E-state index is 6.10. The first-order chi connectivity index (χ1) is 8.80. The Morgan fingerprint density at radius 2 is 1.50 bits per heavy atom. The average Bonchev–Trinajstić information content (AvgIpc) is 2.47. The molecule has 0 aliphatic heterocycles. The van der Waals surface area contributed by atoms with Gasteiger partial charge in [0.05, 0.1) is 0 Å². The molecule has 0 fully saturated rings. The van der Waals surface area contributed by atoms with Crippen LogP contribution < -0.4 is 4.74 Å². The van der Waals surface area contributed by atoms with Gasteiger partial charge >= 0.3 is 0 Å². The second-order valence-electron chi connectivity index (χ2n) is 4.09. The van der Waals surface area contributed by atoms with E-state index in [1.54, 1.807) is 0 Å². The molecule has 0 saturated heterocycles. The quantitative estimate of drug-likeness (QED) is 0.606. The highest BCUT2D eigenvalue weighted by Crippen LogP contribution is 2.31. The van der Waals surface area contributed by atoms with E-state index >= 15 is 0 Å². The van der Waals surface area contributed by atoms with Gasteiger partial charge in [-0.25, -0.2) is 0 Å². The molecule has 18 heavy (non-hydrogen) atoms. The van der Waals surface area contributed by atoms with Gasteiger partial charge in [-0.1, -0.05) is 55.5 Å². The standard InChI is InChI=1S/C15H18O2Si/c1-2-15(17-18,13-9-5-3-6-10-13)16-14-11-7-4-8-12-14/h3-12H,2H2,1,18H3. The highest BCUT2D eigenvalue weighted by molar-refractivity contribution is 5.98. The van der Waals surface area contributed by atoms with Crippen molar-refractivity contribution in [3.05, 3.63) is 66.2 Å². The van der Waals surface area contributed by atoms with E-state index in [2.05, 4.69) is 6.92 Å². The summed E-state index contributed by atoms with van der Waals surface area (Å²) in [4.78, 5) is 0. The van der Waals surface area contributed by atoms with Crippen LogP contribution in [0.5, 0.6) is 5.75 Å². The van der Waals surface area contributed by atoms with Gasteiger partial charge in [0.15, 0.2) is 10.5 Å². The Morgan fingerprint density at radius 3 is 2.00 bits per heavy atom. The molecule has 0 radical (unpaired) electrons. The minimum atomic E-state index is -0.658. The van der Waals surface area contributed by atoms with Crippen LogP contribution in [0.3, 0.4) is 0 Å². The first-order valence-electron chi connectivity index (χ1n) is 6.15. The molecule has 94 valence electrons. The van der Waals surface area contributed by atoms with Gasteiger partial charge < -0.3 is 9.16 Å². The van der Waals surface area contributed by atoms with Gasteiger partial charge in [0.25, 0.3) is 0 Å². The molecule has 2 nitrogen and oxygen atoms in total. The fraction of sp³-hybridized carbons (Fsp3) is 0.200. The van der Waals surface area contributed by atoms with Crippen LogP contribution in [-0.4, -0.2) is 10.5 Å². The topological polar surface area (TPSA) is 18.5 Å². The highest BCUT2D eigenvalue weighted by Gasteiger charge is 2.31. The lowest BCUT2D eigenvalue weighted by molar-refractivity contribution is -0.121. The lowest BCUT2D eigenvalue weighted by Crippen LogP contribution is -2.35. The zero-order chi connectivity index (χ0) is 12.8. The average molecular weight is 258 g/mol. The molecule has 0 saturated carbocycles. The summed E-state index contributed by atoms with van der Waals surface area (Å²) < 4.78 is 11.9. The van der Waals surface area contributed by atoms with Crippen molar-refractivity contribution in [1.29, 1.82) is 0 Å². The summed E-state index contributed by atoms with van der Waals surface area (Å²) in [6.45, 7) is 2.08. The van der Waals surface area contributed by atoms with E-state index < -0.39 is 5.79 Å². The summed E-state index contributed by atoms with van der Waals surface area (Å²) >= 11 is 0. The molecule has 2 rings (SSSR count). The SMILES string of the molecule is CCC(O[SiH3])(Oc1ccccc1)c1ccccc1. The predicted octanol–water partition coefficient (Wildman–Crippen LogP) is 2.63. The summed E-state index contributed by atoms with van der Waals surface area (Å²) in [7, 11) is 0.626. The number of rotatable bonds is 5. The van der Waals surface area contributed by atoms with Crippen molar-refractivity contribution in [3.8, 4) is 5.75 Å². The van der Waals surface area contributed by atoms with Crippen LogP contribution >= 0.6 is 0 Å². The normalized spacial score (nSPS) is 14.1. The minimum Gasteiger partial charge on any atom is -0.459 e. The van der Waals surface area contributed by atoms with Crippen LogP contribution in [0.25, 0.3) is 0 Å². The van der Waals surface area contributed by atoms with E-state index in [1.165, 1.54) is 0 Å². The van der Waals surface area contributed by atoms with Gasteiger partial charge in [0, 0.05) is 12.0 Å². The van der Waals surface area contributed by atoms with Crippen LogP contribution in [0.4, 0.5) is 0 Å². The molecule has 0 spiro atoms. The summed E-state index contributed by atoms with van der Waals surface area (Å²) in [5.41, 5.74) is 1.06. The van der Waals surface area contributed by atoms with Gasteiger partial charge in [0.1, 0.15) is 5.75 Å². The minimum absolute atomic E-state index is 0.626. The number of benzene rings is 2. The molecule has 3 heteroatoms. The van der Waals surface area contributed by atoms with Crippen LogP contribution in [0, 0.1) is 0 Å². The Balaban J connectivity index is 2.33. The molecular weight excluding hydrogens is 240 g/mol.